The van der Waals surface area contributed by atoms with Crippen molar-refractivity contribution in [1.82, 2.24) is 9.88 Å². The minimum Gasteiger partial charge on any atom is -0.497 e. The lowest BCUT2D eigenvalue weighted by Gasteiger charge is -2.26. The van der Waals surface area contributed by atoms with Crippen molar-refractivity contribution in [2.45, 2.75) is 25.1 Å². The molecule has 3 rings (SSSR count). The molecule has 27 heavy (non-hydrogen) atoms. The molecule has 1 aliphatic rings. The smallest absolute Gasteiger partial charge is 0.433 e. The topological polar surface area (TPSA) is 51.7 Å². The molecule has 0 aliphatic carbocycles. The number of benzene rings is 1. The second-order valence-electron chi connectivity index (χ2n) is 6.19. The fraction of sp³-hybridized carbons (Fsp3) is 0.368. The summed E-state index contributed by atoms with van der Waals surface area (Å²) in [5, 5.41) is 0. The van der Waals surface area contributed by atoms with Crippen LogP contribution in [0.1, 0.15) is 40.5 Å². The van der Waals surface area contributed by atoms with Crippen molar-refractivity contribution in [2.75, 3.05) is 20.8 Å². The number of alkyl halides is 3. The second kappa shape index (κ2) is 7.46. The van der Waals surface area contributed by atoms with Crippen LogP contribution in [0.2, 0.25) is 0 Å². The van der Waals surface area contributed by atoms with Gasteiger partial charge in [0, 0.05) is 18.3 Å². The molecule has 1 saturated heterocycles. The molecule has 0 radical (unpaired) electrons. The van der Waals surface area contributed by atoms with E-state index < -0.39 is 11.9 Å². The number of methoxy groups -OCH3 is 2. The Kier molecular flexibility index (Phi) is 5.25. The molecule has 0 bridgehead atoms. The first-order chi connectivity index (χ1) is 12.8. The predicted octanol–water partition coefficient (Wildman–Crippen LogP) is 4.09. The van der Waals surface area contributed by atoms with Gasteiger partial charge in [0.15, 0.2) is 0 Å². The largest absolute Gasteiger partial charge is 0.497 e. The zero-order chi connectivity index (χ0) is 19.6. The van der Waals surface area contributed by atoms with Crippen LogP contribution in [0, 0.1) is 0 Å². The van der Waals surface area contributed by atoms with Gasteiger partial charge in [-0.25, -0.2) is 0 Å². The highest BCUT2D eigenvalue weighted by molar-refractivity contribution is 5.94. The Labute approximate surface area is 154 Å². The van der Waals surface area contributed by atoms with Gasteiger partial charge in [-0.15, -0.1) is 0 Å². The van der Waals surface area contributed by atoms with E-state index in [0.717, 1.165) is 36.7 Å². The van der Waals surface area contributed by atoms with Crippen LogP contribution in [0.5, 0.6) is 11.5 Å². The summed E-state index contributed by atoms with van der Waals surface area (Å²) >= 11 is 0. The highest BCUT2D eigenvalue weighted by Crippen LogP contribution is 2.39. The number of rotatable bonds is 4. The zero-order valence-electron chi connectivity index (χ0n) is 14.9. The Balaban J connectivity index is 1.89. The number of pyridine rings is 1. The molecule has 8 heteroatoms. The Hall–Kier alpha value is -2.77. The van der Waals surface area contributed by atoms with E-state index in [9.17, 15) is 18.0 Å². The number of hydrogen-bond acceptors (Lipinski definition) is 4. The monoisotopic (exact) mass is 380 g/mol. The van der Waals surface area contributed by atoms with Crippen molar-refractivity contribution in [3.8, 4) is 11.5 Å². The van der Waals surface area contributed by atoms with Crippen molar-refractivity contribution >= 4 is 5.91 Å². The van der Waals surface area contributed by atoms with Crippen LogP contribution in [0.4, 0.5) is 13.2 Å². The highest BCUT2D eigenvalue weighted by atomic mass is 19.4. The third kappa shape index (κ3) is 3.84. The summed E-state index contributed by atoms with van der Waals surface area (Å²) in [5.41, 5.74) is -0.0918. The molecule has 0 N–H and O–H groups in total. The summed E-state index contributed by atoms with van der Waals surface area (Å²) in [6, 6.07) is 7.10. The normalized spacial score (nSPS) is 17.1. The second-order valence-corrected chi connectivity index (χ2v) is 6.19. The van der Waals surface area contributed by atoms with E-state index in [-0.39, 0.29) is 17.5 Å². The van der Waals surface area contributed by atoms with Gasteiger partial charge in [-0.1, -0.05) is 0 Å². The Bertz CT molecular complexity index is 822. The van der Waals surface area contributed by atoms with Gasteiger partial charge in [0.1, 0.15) is 17.2 Å². The zero-order valence-corrected chi connectivity index (χ0v) is 14.9. The molecule has 144 valence electrons. The van der Waals surface area contributed by atoms with Crippen molar-refractivity contribution in [2.24, 2.45) is 0 Å². The number of carbonyl (C=O) groups is 1. The number of nitrogens with zero attached hydrogens (tertiary/aromatic N) is 2. The third-order valence-electron chi connectivity index (χ3n) is 4.61. The van der Waals surface area contributed by atoms with Gasteiger partial charge < -0.3 is 14.4 Å². The van der Waals surface area contributed by atoms with E-state index >= 15 is 0 Å². The van der Waals surface area contributed by atoms with E-state index in [4.69, 9.17) is 9.47 Å². The van der Waals surface area contributed by atoms with Gasteiger partial charge in [0.25, 0.3) is 5.91 Å². The fourth-order valence-corrected chi connectivity index (χ4v) is 3.29. The SMILES string of the molecule is COc1ccc(OC)c(C2CCCN2C(=O)c2ccc(C(F)(F)F)nc2)c1. The number of halogens is 3. The van der Waals surface area contributed by atoms with Gasteiger partial charge in [0.2, 0.25) is 0 Å². The fourth-order valence-electron chi connectivity index (χ4n) is 3.29. The van der Waals surface area contributed by atoms with Crippen LogP contribution in [0.15, 0.2) is 36.5 Å². The van der Waals surface area contributed by atoms with E-state index in [1.54, 1.807) is 31.3 Å². The third-order valence-corrected chi connectivity index (χ3v) is 4.61. The van der Waals surface area contributed by atoms with Gasteiger partial charge in [-0.3, -0.25) is 9.78 Å². The standard InChI is InChI=1S/C19H19F3N2O3/c1-26-13-6-7-16(27-2)14(10-13)15-4-3-9-24(15)18(25)12-5-8-17(23-11-12)19(20,21)22/h5-8,10-11,15H,3-4,9H2,1-2H3. The molecule has 0 saturated carbocycles. The maximum absolute atomic E-state index is 12.9. The molecule has 1 atom stereocenters. The first-order valence-corrected chi connectivity index (χ1v) is 8.41. The molecule has 1 aromatic heterocycles. The van der Waals surface area contributed by atoms with Crippen LogP contribution >= 0.6 is 0 Å². The highest BCUT2D eigenvalue weighted by Gasteiger charge is 2.35. The summed E-state index contributed by atoms with van der Waals surface area (Å²) in [6.45, 7) is 0.505. The molecule has 1 fully saturated rings. The van der Waals surface area contributed by atoms with Crippen molar-refractivity contribution in [3.63, 3.8) is 0 Å². The number of likely N-dealkylation sites (tertiary alicyclic amines) is 1. The minimum absolute atomic E-state index is 0.122. The van der Waals surface area contributed by atoms with Crippen LogP contribution in [0.25, 0.3) is 0 Å². The average Bonchev–Trinajstić information content (AvgIpc) is 3.15. The molecular weight excluding hydrogens is 361 g/mol. The van der Waals surface area contributed by atoms with Gasteiger partial charge >= 0.3 is 6.18 Å². The Morgan fingerprint density at radius 2 is 1.96 bits per heavy atom. The summed E-state index contributed by atoms with van der Waals surface area (Å²) in [7, 11) is 3.10. The van der Waals surface area contributed by atoms with Gasteiger partial charge in [-0.2, -0.15) is 13.2 Å². The lowest BCUT2D eigenvalue weighted by atomic mass is 10.0. The number of hydrogen-bond donors (Lipinski definition) is 0. The van der Waals surface area contributed by atoms with Crippen molar-refractivity contribution < 1.29 is 27.4 Å². The number of ether oxygens (including phenoxy) is 2. The quantitative estimate of drug-likeness (QED) is 0.802. The first kappa shape index (κ1) is 19.0. The Morgan fingerprint density at radius 1 is 1.19 bits per heavy atom. The van der Waals surface area contributed by atoms with Crippen molar-refractivity contribution in [3.05, 3.63) is 53.3 Å². The summed E-state index contributed by atoms with van der Waals surface area (Å²) in [4.78, 5) is 17.9. The van der Waals surface area contributed by atoms with Crippen LogP contribution in [-0.2, 0) is 6.18 Å². The summed E-state index contributed by atoms with van der Waals surface area (Å²) < 4.78 is 48.7. The molecule has 1 unspecified atom stereocenters. The lowest BCUT2D eigenvalue weighted by Crippen LogP contribution is -2.31. The molecule has 0 spiro atoms. The van der Waals surface area contributed by atoms with Crippen molar-refractivity contribution in [1.29, 1.82) is 0 Å². The molecule has 2 aromatic rings. The van der Waals surface area contributed by atoms with E-state index in [1.165, 1.54) is 0 Å². The molecule has 1 amide bonds. The molecular formula is C19H19F3N2O3. The summed E-state index contributed by atoms with van der Waals surface area (Å²) in [6.07, 6.45) is -2.05. The minimum atomic E-state index is -4.54. The molecule has 5 nitrogen and oxygen atoms in total. The number of carbonyl (C=O) groups excluding carboxylic acids is 1. The molecule has 1 aliphatic heterocycles. The van der Waals surface area contributed by atoms with Gasteiger partial charge in [-0.05, 0) is 43.2 Å². The van der Waals surface area contributed by atoms with Crippen LogP contribution in [-0.4, -0.2) is 36.6 Å². The molecule has 1 aromatic carbocycles. The van der Waals surface area contributed by atoms with E-state index in [0.29, 0.717) is 18.0 Å². The van der Waals surface area contributed by atoms with Gasteiger partial charge in [0.05, 0.1) is 25.8 Å². The molecule has 2 heterocycles. The maximum Gasteiger partial charge on any atom is 0.433 e. The first-order valence-electron chi connectivity index (χ1n) is 8.41. The Morgan fingerprint density at radius 3 is 2.56 bits per heavy atom. The van der Waals surface area contributed by atoms with Crippen LogP contribution in [0.3, 0.4) is 0 Å². The van der Waals surface area contributed by atoms with E-state index in [1.807, 2.05) is 6.07 Å². The van der Waals surface area contributed by atoms with E-state index in [2.05, 4.69) is 4.98 Å². The lowest BCUT2D eigenvalue weighted by molar-refractivity contribution is -0.141. The average molecular weight is 380 g/mol. The maximum atomic E-state index is 12.9. The van der Waals surface area contributed by atoms with Crippen LogP contribution < -0.4 is 9.47 Å². The summed E-state index contributed by atoms with van der Waals surface area (Å²) in [5.74, 6) is 0.913. The predicted molar refractivity (Wildman–Crippen MR) is 91.8 cm³/mol. The number of aromatic nitrogens is 1. The number of amides is 1.